The number of carbonyl (C=O) groups is 2. The van der Waals surface area contributed by atoms with Gasteiger partial charge in [-0.2, -0.15) is 4.80 Å². The summed E-state index contributed by atoms with van der Waals surface area (Å²) in [5, 5.41) is 11.9. The van der Waals surface area contributed by atoms with E-state index >= 15 is 0 Å². The molecule has 8 heteroatoms. The lowest BCUT2D eigenvalue weighted by atomic mass is 10.1. The predicted molar refractivity (Wildman–Crippen MR) is 102 cm³/mol. The fourth-order valence-corrected chi connectivity index (χ4v) is 2.70. The Balaban J connectivity index is 1.53. The van der Waals surface area contributed by atoms with Gasteiger partial charge in [-0.15, -0.1) is 22.0 Å². The van der Waals surface area contributed by atoms with Gasteiger partial charge in [-0.1, -0.05) is 42.0 Å². The van der Waals surface area contributed by atoms with Crippen LogP contribution in [0.15, 0.2) is 53.4 Å². The number of rotatable bonds is 7. The molecule has 1 heterocycles. The van der Waals surface area contributed by atoms with Gasteiger partial charge in [0, 0.05) is 16.0 Å². The Morgan fingerprint density at radius 2 is 1.78 bits per heavy atom. The number of hydrogen-bond acceptors (Lipinski definition) is 7. The highest BCUT2D eigenvalue weighted by Crippen LogP contribution is 2.15. The standard InChI is InChI=1S/C19H18N4O3S/c1-13-3-5-15(6-4-13)19-20-22-23(21-19)11-18(25)26-12-17(24)14-7-9-16(27-2)10-8-14/h3-10H,11-12H2,1-2H3. The smallest absolute Gasteiger partial charge is 0.330 e. The van der Waals surface area contributed by atoms with Gasteiger partial charge >= 0.3 is 5.97 Å². The van der Waals surface area contributed by atoms with Crippen LogP contribution in [-0.2, 0) is 16.1 Å². The topological polar surface area (TPSA) is 87.0 Å². The Bertz CT molecular complexity index is 936. The SMILES string of the molecule is CSc1ccc(C(=O)COC(=O)Cn2nnc(-c3ccc(C)cc3)n2)cc1. The van der Waals surface area contributed by atoms with Crippen LogP contribution in [0.3, 0.4) is 0 Å². The van der Waals surface area contributed by atoms with Gasteiger partial charge in [0.2, 0.25) is 5.82 Å². The van der Waals surface area contributed by atoms with Crippen LogP contribution in [0.1, 0.15) is 15.9 Å². The number of ether oxygens (including phenoxy) is 1. The molecule has 27 heavy (non-hydrogen) atoms. The minimum Gasteiger partial charge on any atom is -0.456 e. The molecule has 0 fully saturated rings. The van der Waals surface area contributed by atoms with Crippen LogP contribution in [0.5, 0.6) is 0 Å². The molecule has 2 aromatic carbocycles. The first-order valence-electron chi connectivity index (χ1n) is 8.23. The first-order valence-corrected chi connectivity index (χ1v) is 9.45. The molecular weight excluding hydrogens is 364 g/mol. The molecular formula is C19H18N4O3S. The van der Waals surface area contributed by atoms with Gasteiger partial charge in [0.15, 0.2) is 18.9 Å². The predicted octanol–water partition coefficient (Wildman–Crippen LogP) is 2.80. The van der Waals surface area contributed by atoms with Crippen molar-refractivity contribution in [2.45, 2.75) is 18.4 Å². The van der Waals surface area contributed by atoms with Crippen LogP contribution in [0, 0.1) is 6.92 Å². The molecule has 0 aliphatic heterocycles. The average molecular weight is 382 g/mol. The summed E-state index contributed by atoms with van der Waals surface area (Å²) in [7, 11) is 0. The maximum atomic E-state index is 12.1. The number of hydrogen-bond donors (Lipinski definition) is 0. The van der Waals surface area contributed by atoms with E-state index in [0.717, 1.165) is 20.8 Å². The third-order valence-corrected chi connectivity index (χ3v) is 4.55. The van der Waals surface area contributed by atoms with Crippen molar-refractivity contribution in [3.8, 4) is 11.4 Å². The van der Waals surface area contributed by atoms with Crippen LogP contribution in [0.4, 0.5) is 0 Å². The quantitative estimate of drug-likeness (QED) is 0.353. The number of nitrogens with zero attached hydrogens (tertiary/aromatic N) is 4. The van der Waals surface area contributed by atoms with Gasteiger partial charge in [0.05, 0.1) is 0 Å². The normalized spacial score (nSPS) is 10.6. The van der Waals surface area contributed by atoms with Gasteiger partial charge in [-0.3, -0.25) is 4.79 Å². The Morgan fingerprint density at radius 1 is 1.07 bits per heavy atom. The minimum atomic E-state index is -0.600. The number of thioether (sulfide) groups is 1. The number of ketones is 1. The van der Waals surface area contributed by atoms with Crippen molar-refractivity contribution < 1.29 is 14.3 Å². The number of carbonyl (C=O) groups excluding carboxylic acids is 2. The second kappa shape index (κ2) is 8.59. The fourth-order valence-electron chi connectivity index (χ4n) is 2.30. The molecule has 138 valence electrons. The molecule has 0 radical (unpaired) electrons. The molecule has 0 aliphatic carbocycles. The van der Waals surface area contributed by atoms with Crippen molar-refractivity contribution in [3.63, 3.8) is 0 Å². The molecule has 0 atom stereocenters. The van der Waals surface area contributed by atoms with Crippen LogP contribution >= 0.6 is 11.8 Å². The monoisotopic (exact) mass is 382 g/mol. The molecule has 3 aromatic rings. The fraction of sp³-hybridized carbons (Fsp3) is 0.211. The maximum Gasteiger partial charge on any atom is 0.330 e. The third kappa shape index (κ3) is 5.01. The van der Waals surface area contributed by atoms with Crippen LogP contribution in [0.2, 0.25) is 0 Å². The van der Waals surface area contributed by atoms with Crippen molar-refractivity contribution in [2.24, 2.45) is 0 Å². The zero-order chi connectivity index (χ0) is 19.2. The van der Waals surface area contributed by atoms with E-state index in [1.165, 1.54) is 0 Å². The number of aryl methyl sites for hydroxylation is 1. The van der Waals surface area contributed by atoms with E-state index in [1.54, 1.807) is 23.9 Å². The Labute approximate surface area is 160 Å². The van der Waals surface area contributed by atoms with Crippen molar-refractivity contribution in [1.29, 1.82) is 0 Å². The van der Waals surface area contributed by atoms with E-state index in [-0.39, 0.29) is 18.9 Å². The second-order valence-corrected chi connectivity index (χ2v) is 6.70. The maximum absolute atomic E-state index is 12.1. The molecule has 1 aromatic heterocycles. The summed E-state index contributed by atoms with van der Waals surface area (Å²) in [6.07, 6.45) is 1.96. The zero-order valence-electron chi connectivity index (χ0n) is 15.0. The van der Waals surface area contributed by atoms with Crippen LogP contribution < -0.4 is 0 Å². The molecule has 0 aliphatic rings. The van der Waals surface area contributed by atoms with Crippen molar-refractivity contribution in [3.05, 3.63) is 59.7 Å². The molecule has 7 nitrogen and oxygen atoms in total. The van der Waals surface area contributed by atoms with Gasteiger partial charge < -0.3 is 4.74 Å². The molecule has 0 amide bonds. The summed E-state index contributed by atoms with van der Waals surface area (Å²) in [5.41, 5.74) is 2.44. The van der Waals surface area contributed by atoms with Gasteiger partial charge in [-0.05, 0) is 30.5 Å². The summed E-state index contributed by atoms with van der Waals surface area (Å²) in [5.74, 6) is -0.437. The van der Waals surface area contributed by atoms with Crippen LogP contribution in [0.25, 0.3) is 11.4 Å². The average Bonchev–Trinajstić information content (AvgIpc) is 3.15. The zero-order valence-corrected chi connectivity index (χ0v) is 15.8. The Kier molecular flexibility index (Phi) is 5.97. The van der Waals surface area contributed by atoms with Crippen LogP contribution in [-0.4, -0.2) is 44.8 Å². The van der Waals surface area contributed by atoms with E-state index in [0.29, 0.717) is 11.4 Å². The lowest BCUT2D eigenvalue weighted by molar-refractivity contribution is -0.143. The summed E-state index contributed by atoms with van der Waals surface area (Å²) in [4.78, 5) is 26.2. The highest BCUT2D eigenvalue weighted by Gasteiger charge is 2.13. The molecule has 0 unspecified atom stereocenters. The van der Waals surface area contributed by atoms with Crippen molar-refractivity contribution >= 4 is 23.5 Å². The van der Waals surface area contributed by atoms with Gasteiger partial charge in [-0.25, -0.2) is 4.79 Å². The van der Waals surface area contributed by atoms with E-state index < -0.39 is 5.97 Å². The summed E-state index contributed by atoms with van der Waals surface area (Å²) in [6.45, 7) is 1.46. The number of esters is 1. The minimum absolute atomic E-state index is 0.211. The highest BCUT2D eigenvalue weighted by molar-refractivity contribution is 7.98. The van der Waals surface area contributed by atoms with Crippen molar-refractivity contribution in [2.75, 3.05) is 12.9 Å². The number of tetrazole rings is 1. The Hall–Kier alpha value is -3.00. The summed E-state index contributed by atoms with van der Waals surface area (Å²) in [6, 6.07) is 14.8. The van der Waals surface area contributed by atoms with Gasteiger partial charge in [0.1, 0.15) is 0 Å². The number of Topliss-reactive ketones (excluding diaryl/α,β-unsaturated/α-hetero) is 1. The van der Waals surface area contributed by atoms with Crippen molar-refractivity contribution in [1.82, 2.24) is 20.2 Å². The van der Waals surface area contributed by atoms with Gasteiger partial charge in [0.25, 0.3) is 0 Å². The largest absolute Gasteiger partial charge is 0.456 e. The van der Waals surface area contributed by atoms with E-state index in [9.17, 15) is 9.59 Å². The van der Waals surface area contributed by atoms with E-state index in [4.69, 9.17) is 4.74 Å². The number of benzene rings is 2. The first kappa shape index (κ1) is 18.8. The molecule has 3 rings (SSSR count). The Morgan fingerprint density at radius 3 is 2.44 bits per heavy atom. The molecule has 0 saturated carbocycles. The second-order valence-electron chi connectivity index (χ2n) is 5.82. The van der Waals surface area contributed by atoms with E-state index in [2.05, 4.69) is 15.4 Å². The third-order valence-electron chi connectivity index (χ3n) is 3.81. The molecule has 0 bridgehead atoms. The highest BCUT2D eigenvalue weighted by atomic mass is 32.2. The summed E-state index contributed by atoms with van der Waals surface area (Å²) < 4.78 is 5.03. The molecule has 0 spiro atoms. The summed E-state index contributed by atoms with van der Waals surface area (Å²) >= 11 is 1.59. The lowest BCUT2D eigenvalue weighted by Gasteiger charge is -2.04. The van der Waals surface area contributed by atoms with E-state index in [1.807, 2.05) is 49.6 Å². The lowest BCUT2D eigenvalue weighted by Crippen LogP contribution is -2.19. The molecule has 0 N–H and O–H groups in total. The molecule has 0 saturated heterocycles. The first-order chi connectivity index (χ1) is 13.0. The number of aromatic nitrogens is 4.